The minimum Gasteiger partial charge on any atom is -0.465 e. The molecule has 18 heavy (non-hydrogen) atoms. The van der Waals surface area contributed by atoms with Crippen molar-refractivity contribution in [2.75, 3.05) is 6.61 Å². The van der Waals surface area contributed by atoms with Crippen LogP contribution in [0.2, 0.25) is 0 Å². The summed E-state index contributed by atoms with van der Waals surface area (Å²) < 4.78 is 4.92. The first-order valence-electron chi connectivity index (χ1n) is 6.34. The number of benzene rings is 1. The lowest BCUT2D eigenvalue weighted by Gasteiger charge is -2.13. The fourth-order valence-electron chi connectivity index (χ4n) is 1.89. The summed E-state index contributed by atoms with van der Waals surface area (Å²) in [6, 6.07) is 7.73. The molecule has 1 atom stereocenters. The number of Topliss-reactive ketones (excluding diaryl/α,β-unsaturated/α-hetero) is 1. The fraction of sp³-hybridized carbons (Fsp3) is 0.467. The van der Waals surface area contributed by atoms with E-state index in [-0.39, 0.29) is 5.78 Å². The van der Waals surface area contributed by atoms with Crippen molar-refractivity contribution in [3.8, 4) is 0 Å². The van der Waals surface area contributed by atoms with Gasteiger partial charge in [-0.2, -0.15) is 0 Å². The molecule has 0 aliphatic heterocycles. The highest BCUT2D eigenvalue weighted by Gasteiger charge is 2.25. The molecule has 0 N–H and O–H groups in total. The maximum atomic E-state index is 12.1. The van der Waals surface area contributed by atoms with Crippen molar-refractivity contribution in [1.82, 2.24) is 0 Å². The summed E-state index contributed by atoms with van der Waals surface area (Å²) in [5.74, 6) is -1.10. The Labute approximate surface area is 108 Å². The molecule has 0 amide bonds. The number of esters is 1. The van der Waals surface area contributed by atoms with Crippen molar-refractivity contribution in [2.24, 2.45) is 5.92 Å². The predicted molar refractivity (Wildman–Crippen MR) is 70.3 cm³/mol. The Morgan fingerprint density at radius 1 is 1.22 bits per heavy atom. The molecule has 0 saturated carbocycles. The average Bonchev–Trinajstić information content (AvgIpc) is 2.33. The fourth-order valence-corrected chi connectivity index (χ4v) is 1.89. The molecule has 0 fully saturated rings. The largest absolute Gasteiger partial charge is 0.465 e. The molecule has 1 unspecified atom stereocenters. The SMILES string of the molecule is CCOC(=O)C(CC)C(=O)Cc1ccccc1C. The summed E-state index contributed by atoms with van der Waals surface area (Å²) in [6.07, 6.45) is 0.785. The first-order chi connectivity index (χ1) is 8.60. The van der Waals surface area contributed by atoms with Gasteiger partial charge in [0.25, 0.3) is 0 Å². The second-order valence-electron chi connectivity index (χ2n) is 4.28. The molecule has 3 nitrogen and oxygen atoms in total. The minimum atomic E-state index is -0.635. The predicted octanol–water partition coefficient (Wildman–Crippen LogP) is 2.70. The van der Waals surface area contributed by atoms with Crippen LogP contribution in [0.1, 0.15) is 31.4 Å². The number of hydrogen-bond acceptors (Lipinski definition) is 3. The molecule has 0 bridgehead atoms. The first-order valence-corrected chi connectivity index (χ1v) is 6.34. The molecule has 3 heteroatoms. The molecule has 0 aromatic heterocycles. The summed E-state index contributed by atoms with van der Waals surface area (Å²) in [6.45, 7) is 5.86. The Bertz CT molecular complexity index is 424. The smallest absolute Gasteiger partial charge is 0.316 e. The third kappa shape index (κ3) is 3.69. The zero-order valence-corrected chi connectivity index (χ0v) is 11.2. The molecule has 0 radical (unpaired) electrons. The Hall–Kier alpha value is -1.64. The highest BCUT2D eigenvalue weighted by Crippen LogP contribution is 2.14. The number of carbonyl (C=O) groups is 2. The number of carbonyl (C=O) groups excluding carboxylic acids is 2. The van der Waals surface area contributed by atoms with Gasteiger partial charge in [-0.1, -0.05) is 31.2 Å². The van der Waals surface area contributed by atoms with Crippen molar-refractivity contribution in [3.63, 3.8) is 0 Å². The lowest BCUT2D eigenvalue weighted by Crippen LogP contribution is -2.27. The highest BCUT2D eigenvalue weighted by atomic mass is 16.5. The van der Waals surface area contributed by atoms with Crippen LogP contribution in [0, 0.1) is 12.8 Å². The van der Waals surface area contributed by atoms with Gasteiger partial charge in [0.05, 0.1) is 6.61 Å². The van der Waals surface area contributed by atoms with E-state index in [0.717, 1.165) is 11.1 Å². The normalized spacial score (nSPS) is 11.9. The average molecular weight is 248 g/mol. The van der Waals surface area contributed by atoms with Gasteiger partial charge in [0.15, 0.2) is 5.78 Å². The van der Waals surface area contributed by atoms with Gasteiger partial charge in [0.1, 0.15) is 5.92 Å². The quantitative estimate of drug-likeness (QED) is 0.574. The summed E-state index contributed by atoms with van der Waals surface area (Å²) >= 11 is 0. The van der Waals surface area contributed by atoms with Crippen molar-refractivity contribution >= 4 is 11.8 Å². The summed E-state index contributed by atoms with van der Waals surface area (Å²) in [7, 11) is 0. The zero-order valence-electron chi connectivity index (χ0n) is 11.2. The lowest BCUT2D eigenvalue weighted by molar-refractivity contribution is -0.151. The van der Waals surface area contributed by atoms with Crippen LogP contribution in [0.25, 0.3) is 0 Å². The lowest BCUT2D eigenvalue weighted by atomic mass is 9.94. The maximum absolute atomic E-state index is 12.1. The van der Waals surface area contributed by atoms with Crippen molar-refractivity contribution in [2.45, 2.75) is 33.6 Å². The third-order valence-electron chi connectivity index (χ3n) is 2.99. The number of rotatable bonds is 6. The summed E-state index contributed by atoms with van der Waals surface area (Å²) in [5.41, 5.74) is 2.05. The molecule has 0 aliphatic carbocycles. The van der Waals surface area contributed by atoms with Gasteiger partial charge in [-0.05, 0) is 31.4 Å². The molecule has 0 saturated heterocycles. The van der Waals surface area contributed by atoms with Crippen LogP contribution >= 0.6 is 0 Å². The maximum Gasteiger partial charge on any atom is 0.316 e. The zero-order chi connectivity index (χ0) is 13.5. The van der Waals surface area contributed by atoms with Gasteiger partial charge in [-0.25, -0.2) is 0 Å². The molecule has 1 aromatic carbocycles. The first kappa shape index (κ1) is 14.4. The highest BCUT2D eigenvalue weighted by molar-refractivity contribution is 5.99. The Balaban J connectivity index is 2.74. The molecule has 98 valence electrons. The van der Waals surface area contributed by atoms with E-state index in [0.29, 0.717) is 19.4 Å². The van der Waals surface area contributed by atoms with E-state index < -0.39 is 11.9 Å². The van der Waals surface area contributed by atoms with Gasteiger partial charge in [0.2, 0.25) is 0 Å². The molecule has 1 rings (SSSR count). The number of ether oxygens (including phenoxy) is 1. The minimum absolute atomic E-state index is 0.0646. The van der Waals surface area contributed by atoms with Gasteiger partial charge in [0, 0.05) is 6.42 Å². The number of aryl methyl sites for hydroxylation is 1. The van der Waals surface area contributed by atoms with Crippen LogP contribution < -0.4 is 0 Å². The van der Waals surface area contributed by atoms with Gasteiger partial charge in [-0.15, -0.1) is 0 Å². The third-order valence-corrected chi connectivity index (χ3v) is 2.99. The Morgan fingerprint density at radius 3 is 2.44 bits per heavy atom. The van der Waals surface area contributed by atoms with Gasteiger partial charge in [-0.3, -0.25) is 9.59 Å². The van der Waals surface area contributed by atoms with Crippen molar-refractivity contribution in [1.29, 1.82) is 0 Å². The Morgan fingerprint density at radius 2 is 1.89 bits per heavy atom. The van der Waals surface area contributed by atoms with Gasteiger partial charge < -0.3 is 4.74 Å². The number of ketones is 1. The Kier molecular flexibility index (Phi) is 5.56. The van der Waals surface area contributed by atoms with E-state index >= 15 is 0 Å². The molecule has 0 heterocycles. The van der Waals surface area contributed by atoms with Crippen LogP contribution in [0.15, 0.2) is 24.3 Å². The van der Waals surface area contributed by atoms with Crippen LogP contribution in [0.3, 0.4) is 0 Å². The number of hydrogen-bond donors (Lipinski definition) is 0. The van der Waals surface area contributed by atoms with Crippen molar-refractivity contribution in [3.05, 3.63) is 35.4 Å². The van der Waals surface area contributed by atoms with E-state index in [1.165, 1.54) is 0 Å². The monoisotopic (exact) mass is 248 g/mol. The molecular weight excluding hydrogens is 228 g/mol. The van der Waals surface area contributed by atoms with Crippen LogP contribution in [0.4, 0.5) is 0 Å². The van der Waals surface area contributed by atoms with Crippen LogP contribution in [-0.2, 0) is 20.7 Å². The molecule has 0 aliphatic rings. The second-order valence-corrected chi connectivity index (χ2v) is 4.28. The van der Waals surface area contributed by atoms with Gasteiger partial charge >= 0.3 is 5.97 Å². The topological polar surface area (TPSA) is 43.4 Å². The second kappa shape index (κ2) is 6.94. The van der Waals surface area contributed by atoms with Crippen LogP contribution in [-0.4, -0.2) is 18.4 Å². The standard InChI is InChI=1S/C15H20O3/c1-4-13(15(17)18-5-2)14(16)10-12-9-7-6-8-11(12)3/h6-9,13H,4-5,10H2,1-3H3. The van der Waals surface area contributed by atoms with Crippen molar-refractivity contribution < 1.29 is 14.3 Å². The van der Waals surface area contributed by atoms with E-state index in [1.54, 1.807) is 6.92 Å². The van der Waals surface area contributed by atoms with E-state index in [4.69, 9.17) is 4.74 Å². The summed E-state index contributed by atoms with van der Waals surface area (Å²) in [4.78, 5) is 23.8. The summed E-state index contributed by atoms with van der Waals surface area (Å²) in [5, 5.41) is 0. The van der Waals surface area contributed by atoms with E-state index in [2.05, 4.69) is 0 Å². The molecule has 1 aromatic rings. The molecule has 0 spiro atoms. The molecular formula is C15H20O3. The van der Waals surface area contributed by atoms with Crippen LogP contribution in [0.5, 0.6) is 0 Å². The van der Waals surface area contributed by atoms with E-state index in [1.807, 2.05) is 38.1 Å². The van der Waals surface area contributed by atoms with E-state index in [9.17, 15) is 9.59 Å².